The summed E-state index contributed by atoms with van der Waals surface area (Å²) in [6.45, 7) is 0. The van der Waals surface area contributed by atoms with E-state index >= 15 is 0 Å². The van der Waals surface area contributed by atoms with E-state index in [0.29, 0.717) is 0 Å². The molecule has 1 fully saturated rings. The third-order valence-corrected chi connectivity index (χ3v) is 4.70. The van der Waals surface area contributed by atoms with Gasteiger partial charge in [-0.3, -0.25) is 14.1 Å². The average molecular weight is 390 g/mol. The Bertz CT molecular complexity index is 595. The van der Waals surface area contributed by atoms with Gasteiger partial charge in [0, 0.05) is 5.92 Å². The number of halogens is 4. The van der Waals surface area contributed by atoms with Crippen molar-refractivity contribution in [2.45, 2.75) is 24.0 Å². The van der Waals surface area contributed by atoms with Gasteiger partial charge in [-0.25, -0.2) is 0 Å². The van der Waals surface area contributed by atoms with Crippen LogP contribution in [0.3, 0.4) is 0 Å². The summed E-state index contributed by atoms with van der Waals surface area (Å²) >= 11 is 0. The van der Waals surface area contributed by atoms with E-state index in [1.165, 1.54) is 0 Å². The van der Waals surface area contributed by atoms with E-state index in [1.807, 2.05) is 0 Å². The van der Waals surface area contributed by atoms with Crippen molar-refractivity contribution < 1.29 is 49.6 Å². The Labute approximate surface area is 157 Å². The van der Waals surface area contributed by atoms with E-state index < -0.39 is 63.8 Å². The van der Waals surface area contributed by atoms with Crippen molar-refractivity contribution in [3.05, 3.63) is 0 Å². The van der Waals surface area contributed by atoms with Gasteiger partial charge in [0.15, 0.2) is 0 Å². The number of hydrogen-bond donors (Lipinski definition) is 1. The van der Waals surface area contributed by atoms with Crippen LogP contribution in [0, 0.1) is 17.8 Å². The van der Waals surface area contributed by atoms with Gasteiger partial charge in [0.05, 0.1) is 26.1 Å². The van der Waals surface area contributed by atoms with Crippen LogP contribution in [0.1, 0.15) is 12.8 Å². The summed E-state index contributed by atoms with van der Waals surface area (Å²) in [6.07, 6.45) is -1.49. The van der Waals surface area contributed by atoms with Crippen LogP contribution in [0.25, 0.3) is 0 Å². The number of ether oxygens (including phenoxy) is 2. The van der Waals surface area contributed by atoms with E-state index in [9.17, 15) is 35.6 Å². The van der Waals surface area contributed by atoms with Gasteiger partial charge < -0.3 is 9.47 Å². The molecule has 0 radical (unpaired) electrons. The average Bonchev–Trinajstić information content (AvgIpc) is 2.89. The third-order valence-electron chi connectivity index (χ3n) is 3.78. The van der Waals surface area contributed by atoms with E-state index in [2.05, 4.69) is 9.47 Å². The number of alkyl halides is 4. The van der Waals surface area contributed by atoms with Crippen LogP contribution in [0.2, 0.25) is 0 Å². The fourth-order valence-corrected chi connectivity index (χ4v) is 3.09. The third kappa shape index (κ3) is 4.03. The molecule has 3 unspecified atom stereocenters. The molecule has 24 heavy (non-hydrogen) atoms. The molecule has 0 saturated heterocycles. The fourth-order valence-electron chi connectivity index (χ4n) is 2.60. The van der Waals surface area contributed by atoms with Crippen LogP contribution in [-0.4, -0.2) is 79.9 Å². The number of rotatable bonds is 5. The molecule has 0 aromatic heterocycles. The zero-order valence-corrected chi connectivity index (χ0v) is 12.8. The van der Waals surface area contributed by atoms with E-state index in [-0.39, 0.29) is 29.6 Å². The number of methoxy groups -OCH3 is 2. The maximum absolute atomic E-state index is 14.0. The Hall–Kier alpha value is -0.430. The first kappa shape index (κ1) is 23.6. The van der Waals surface area contributed by atoms with Crippen molar-refractivity contribution in [2.24, 2.45) is 17.8 Å². The Balaban J connectivity index is 0.00000529. The summed E-state index contributed by atoms with van der Waals surface area (Å²) in [4.78, 5) is 23.0. The number of esters is 2. The first-order chi connectivity index (χ1) is 10.3. The quantitative estimate of drug-likeness (QED) is 0.314. The van der Waals surface area contributed by atoms with Gasteiger partial charge in [-0.2, -0.15) is 26.0 Å². The summed E-state index contributed by atoms with van der Waals surface area (Å²) < 4.78 is 93.1. The zero-order chi connectivity index (χ0) is 18.2. The Kier molecular flexibility index (Phi) is 7.71. The molecule has 1 N–H and O–H groups in total. The molecular formula is C11H15F4NaO7S. The molecule has 3 atom stereocenters. The van der Waals surface area contributed by atoms with Crippen LogP contribution < -0.4 is 0 Å². The first-order valence-corrected chi connectivity index (χ1v) is 7.63. The summed E-state index contributed by atoms with van der Waals surface area (Å²) in [5.41, 5.74) is 0. The molecular weight excluding hydrogens is 375 g/mol. The molecule has 1 aliphatic carbocycles. The molecule has 1 aliphatic rings. The van der Waals surface area contributed by atoms with Gasteiger partial charge in [-0.1, -0.05) is 0 Å². The van der Waals surface area contributed by atoms with Crippen molar-refractivity contribution >= 4 is 51.6 Å². The maximum atomic E-state index is 14.0. The molecule has 13 heteroatoms. The Morgan fingerprint density at radius 3 is 1.88 bits per heavy atom. The molecule has 0 bridgehead atoms. The topological polar surface area (TPSA) is 107 Å². The molecule has 7 nitrogen and oxygen atoms in total. The predicted molar refractivity (Wildman–Crippen MR) is 72.3 cm³/mol. The van der Waals surface area contributed by atoms with Crippen LogP contribution in [0.4, 0.5) is 17.6 Å². The fraction of sp³-hybridized carbons (Fsp3) is 0.818. The minimum atomic E-state index is -6.45. The van der Waals surface area contributed by atoms with Crippen molar-refractivity contribution in [3.8, 4) is 0 Å². The van der Waals surface area contributed by atoms with Gasteiger partial charge in [0.1, 0.15) is 0 Å². The summed E-state index contributed by atoms with van der Waals surface area (Å²) in [7, 11) is -4.69. The molecule has 0 amide bonds. The Morgan fingerprint density at radius 2 is 1.50 bits per heavy atom. The molecule has 0 aliphatic heterocycles. The number of carbonyl (C=O) groups is 2. The van der Waals surface area contributed by atoms with Gasteiger partial charge in [0.2, 0.25) is 0 Å². The molecule has 0 spiro atoms. The van der Waals surface area contributed by atoms with Crippen molar-refractivity contribution in [1.82, 2.24) is 0 Å². The Morgan fingerprint density at radius 1 is 1.04 bits per heavy atom. The standard InChI is InChI=1S/C11H14F4O7S.Na.H/c1-21-8(16)5-3-6(9(17)22-2)7(4-5)10(12,13)11(14,15)23(18,19)20;;/h5-7H,3-4H2,1-2H3,(H,18,19,20);;. The SMILES string of the molecule is COC(=O)C1CC(C(=O)OC)C(C(F)(F)C(F)(F)S(=O)(=O)O)C1.[NaH]. The second-order valence-corrected chi connectivity index (χ2v) is 6.51. The second-order valence-electron chi connectivity index (χ2n) is 5.04. The van der Waals surface area contributed by atoms with Crippen molar-refractivity contribution in [2.75, 3.05) is 14.2 Å². The monoisotopic (exact) mass is 390 g/mol. The minimum absolute atomic E-state index is 0. The molecule has 0 heterocycles. The van der Waals surface area contributed by atoms with Gasteiger partial charge in [-0.05, 0) is 12.8 Å². The molecule has 136 valence electrons. The van der Waals surface area contributed by atoms with Crippen molar-refractivity contribution in [1.29, 1.82) is 0 Å². The normalized spacial score (nSPS) is 24.9. The van der Waals surface area contributed by atoms with Gasteiger partial charge in [0.25, 0.3) is 0 Å². The van der Waals surface area contributed by atoms with Gasteiger partial charge in [-0.15, -0.1) is 0 Å². The molecule has 0 aromatic rings. The van der Waals surface area contributed by atoms with E-state index in [0.717, 1.165) is 14.2 Å². The second kappa shape index (κ2) is 7.85. The molecule has 1 saturated carbocycles. The summed E-state index contributed by atoms with van der Waals surface area (Å²) in [6, 6.07) is 0. The molecule has 0 aromatic carbocycles. The first-order valence-electron chi connectivity index (χ1n) is 6.19. The van der Waals surface area contributed by atoms with Crippen molar-refractivity contribution in [3.63, 3.8) is 0 Å². The zero-order valence-electron chi connectivity index (χ0n) is 12.0. The van der Waals surface area contributed by atoms with E-state index in [4.69, 9.17) is 4.55 Å². The van der Waals surface area contributed by atoms with Crippen LogP contribution in [-0.2, 0) is 29.2 Å². The summed E-state index contributed by atoms with van der Waals surface area (Å²) in [5.74, 6) is -13.3. The van der Waals surface area contributed by atoms with Crippen LogP contribution >= 0.6 is 0 Å². The van der Waals surface area contributed by atoms with E-state index in [1.54, 1.807) is 0 Å². The van der Waals surface area contributed by atoms with Crippen LogP contribution in [0.5, 0.6) is 0 Å². The number of hydrogen-bond acceptors (Lipinski definition) is 6. The van der Waals surface area contributed by atoms with Crippen LogP contribution in [0.15, 0.2) is 0 Å². The number of carbonyl (C=O) groups excluding carboxylic acids is 2. The van der Waals surface area contributed by atoms with Gasteiger partial charge >= 0.3 is 62.8 Å². The summed E-state index contributed by atoms with van der Waals surface area (Å²) in [5, 5.41) is -5.83. The predicted octanol–water partition coefficient (Wildman–Crippen LogP) is 0.442. The molecule has 1 rings (SSSR count).